The van der Waals surface area contributed by atoms with Gasteiger partial charge in [0, 0.05) is 34.6 Å². The summed E-state index contributed by atoms with van der Waals surface area (Å²) in [6, 6.07) is 11.6. The number of methoxy groups -OCH3 is 2. The molecule has 2 fully saturated rings. The zero-order valence-electron chi connectivity index (χ0n) is 32.3. The Hall–Kier alpha value is -4.85. The first-order valence-electron chi connectivity index (χ1n) is 17.8. The predicted molar refractivity (Wildman–Crippen MR) is 192 cm³/mol. The number of carbonyl (C=O) groups is 5. The molecule has 0 aromatic heterocycles. The van der Waals surface area contributed by atoms with E-state index in [2.05, 4.69) is 10.6 Å². The van der Waals surface area contributed by atoms with Crippen molar-refractivity contribution in [3.05, 3.63) is 59.7 Å². The molecule has 308 valence electrons. The van der Waals surface area contributed by atoms with Gasteiger partial charge in [0.15, 0.2) is 24.8 Å². The van der Waals surface area contributed by atoms with Gasteiger partial charge in [-0.3, -0.25) is 24.0 Å². The highest BCUT2D eigenvalue weighted by Crippen LogP contribution is 2.33. The highest BCUT2D eigenvalue weighted by Gasteiger charge is 2.55. The van der Waals surface area contributed by atoms with Crippen molar-refractivity contribution in [3.8, 4) is 11.5 Å². The number of hydrogen-bond acceptors (Lipinski definition) is 16. The van der Waals surface area contributed by atoms with Crippen LogP contribution in [0.4, 0.5) is 0 Å². The molecule has 0 radical (unpaired) electrons. The fourth-order valence-corrected chi connectivity index (χ4v) is 6.30. The van der Waals surface area contributed by atoms with Gasteiger partial charge in [-0.1, -0.05) is 24.3 Å². The van der Waals surface area contributed by atoms with Gasteiger partial charge in [0.05, 0.1) is 34.0 Å². The Labute approximate surface area is 324 Å². The SMILES string of the molecule is COc1ccc(COC[C@H]2O[C@@H](O)[C@H](NC(C)=O)[C@@H](OCc3ccc(OC)cc3)[C@@H]2O[C@@H]2O[C@H](COC(C)=O)[C@@H](OC(C)=O)[C@H](OC(C)=O)[C@H]2NC(C)=O)cc1. The summed E-state index contributed by atoms with van der Waals surface area (Å²) in [6.07, 6.45) is -10.8. The number of amides is 2. The predicted octanol–water partition coefficient (Wildman–Crippen LogP) is 1.07. The maximum absolute atomic E-state index is 12.7. The Bertz CT molecular complexity index is 1620. The second kappa shape index (κ2) is 20.9. The van der Waals surface area contributed by atoms with Gasteiger partial charge in [0.25, 0.3) is 0 Å². The maximum atomic E-state index is 12.7. The van der Waals surface area contributed by atoms with Crippen molar-refractivity contribution in [3.63, 3.8) is 0 Å². The second-order valence-electron chi connectivity index (χ2n) is 13.1. The normalized spacial score (nSPS) is 27.3. The Morgan fingerprint density at radius 1 is 0.625 bits per heavy atom. The smallest absolute Gasteiger partial charge is 0.303 e. The van der Waals surface area contributed by atoms with Crippen molar-refractivity contribution in [2.45, 2.75) is 109 Å². The molecule has 0 unspecified atom stereocenters. The average Bonchev–Trinajstić information content (AvgIpc) is 3.14. The third-order valence-corrected chi connectivity index (χ3v) is 8.71. The van der Waals surface area contributed by atoms with E-state index < -0.39 is 97.6 Å². The van der Waals surface area contributed by atoms with Crippen molar-refractivity contribution < 1.29 is 76.4 Å². The number of benzene rings is 2. The number of nitrogens with one attached hydrogen (secondary N) is 2. The van der Waals surface area contributed by atoms with Gasteiger partial charge in [-0.05, 0) is 35.4 Å². The van der Waals surface area contributed by atoms with Crippen LogP contribution in [-0.4, -0.2) is 124 Å². The summed E-state index contributed by atoms with van der Waals surface area (Å²) in [5, 5.41) is 16.7. The van der Waals surface area contributed by atoms with E-state index in [-0.39, 0.29) is 19.8 Å². The lowest BCUT2D eigenvalue weighted by atomic mass is 9.94. The van der Waals surface area contributed by atoms with Gasteiger partial charge in [-0.25, -0.2) is 0 Å². The number of rotatable bonds is 17. The van der Waals surface area contributed by atoms with Crippen molar-refractivity contribution in [1.82, 2.24) is 10.6 Å². The number of aliphatic hydroxyl groups is 1. The Morgan fingerprint density at radius 3 is 1.66 bits per heavy atom. The van der Waals surface area contributed by atoms with Gasteiger partial charge < -0.3 is 63.1 Å². The Morgan fingerprint density at radius 2 is 1.14 bits per heavy atom. The zero-order valence-corrected chi connectivity index (χ0v) is 32.3. The highest BCUT2D eigenvalue weighted by molar-refractivity contribution is 5.74. The standard InChI is InChI=1S/C38H50N2O16/c1-20(41)39-31-35(51-17-26-10-14-28(48-7)15-11-26)33(29(54-37(31)46)18-49-16-25-8-12-27(47-6)13-9-25)56-38-32(40-21(2)42)36(53-24(5)45)34(52-23(4)44)30(55-38)19-50-22(3)43/h8-15,29-38,46H,16-19H2,1-7H3,(H,39,41)(H,40,42)/t29-,30-,31-,32-,33-,34-,35-,36-,37-,38+/m1/s1. The van der Waals surface area contributed by atoms with E-state index in [9.17, 15) is 29.1 Å². The molecule has 2 saturated heterocycles. The maximum Gasteiger partial charge on any atom is 0.303 e. The quantitative estimate of drug-likeness (QED) is 0.151. The molecule has 0 spiro atoms. The number of carbonyl (C=O) groups excluding carboxylic acids is 5. The number of hydrogen-bond donors (Lipinski definition) is 3. The van der Waals surface area contributed by atoms with E-state index in [1.54, 1.807) is 43.5 Å². The van der Waals surface area contributed by atoms with Crippen molar-refractivity contribution in [2.24, 2.45) is 0 Å². The van der Waals surface area contributed by atoms with Crippen molar-refractivity contribution in [2.75, 3.05) is 27.4 Å². The summed E-state index contributed by atoms with van der Waals surface area (Å²) >= 11 is 0. The molecule has 18 nitrogen and oxygen atoms in total. The van der Waals surface area contributed by atoms with Gasteiger partial charge in [0.1, 0.15) is 54.6 Å². The Kier molecular flexibility index (Phi) is 16.4. The van der Waals surface area contributed by atoms with Crippen LogP contribution in [0.15, 0.2) is 48.5 Å². The van der Waals surface area contributed by atoms with E-state index in [1.807, 2.05) is 12.1 Å². The fraction of sp³-hybridized carbons (Fsp3) is 0.553. The summed E-state index contributed by atoms with van der Waals surface area (Å²) in [5.41, 5.74) is 1.49. The molecule has 0 aliphatic carbocycles. The molecule has 2 aliphatic rings. The first-order valence-corrected chi connectivity index (χ1v) is 17.8. The largest absolute Gasteiger partial charge is 0.497 e. The Balaban J connectivity index is 1.76. The summed E-state index contributed by atoms with van der Waals surface area (Å²) in [5.74, 6) is -2.12. The molecular formula is C38H50N2O16. The lowest BCUT2D eigenvalue weighted by Gasteiger charge is -2.49. The monoisotopic (exact) mass is 790 g/mol. The lowest BCUT2D eigenvalue weighted by Crippen LogP contribution is -2.70. The topological polar surface area (TPSA) is 222 Å². The molecule has 3 N–H and O–H groups in total. The first kappa shape index (κ1) is 43.9. The van der Waals surface area contributed by atoms with Crippen LogP contribution in [0.5, 0.6) is 11.5 Å². The van der Waals surface area contributed by atoms with E-state index in [4.69, 9.17) is 47.4 Å². The second-order valence-corrected chi connectivity index (χ2v) is 13.1. The van der Waals surface area contributed by atoms with Gasteiger partial charge in [0.2, 0.25) is 11.8 Å². The molecule has 56 heavy (non-hydrogen) atoms. The highest BCUT2D eigenvalue weighted by atomic mass is 16.7. The minimum atomic E-state index is -1.62. The van der Waals surface area contributed by atoms with E-state index in [1.165, 1.54) is 21.0 Å². The molecule has 2 aromatic carbocycles. The number of aliphatic hydroxyl groups excluding tert-OH is 1. The minimum absolute atomic E-state index is 0.0446. The average molecular weight is 791 g/mol. The fourth-order valence-electron chi connectivity index (χ4n) is 6.30. The third kappa shape index (κ3) is 12.6. The molecule has 4 rings (SSSR count). The summed E-state index contributed by atoms with van der Waals surface area (Å²) in [7, 11) is 3.08. The van der Waals surface area contributed by atoms with Crippen molar-refractivity contribution in [1.29, 1.82) is 0 Å². The van der Waals surface area contributed by atoms with Crippen LogP contribution in [0, 0.1) is 0 Å². The molecule has 10 atom stereocenters. The van der Waals surface area contributed by atoms with Gasteiger partial charge >= 0.3 is 17.9 Å². The van der Waals surface area contributed by atoms with Crippen LogP contribution in [0.25, 0.3) is 0 Å². The zero-order chi connectivity index (χ0) is 40.9. The summed E-state index contributed by atoms with van der Waals surface area (Å²) in [6.45, 7) is 5.26. The van der Waals surface area contributed by atoms with Crippen LogP contribution in [0.2, 0.25) is 0 Å². The van der Waals surface area contributed by atoms with Crippen LogP contribution < -0.4 is 20.1 Å². The van der Waals surface area contributed by atoms with Crippen LogP contribution in [0.3, 0.4) is 0 Å². The minimum Gasteiger partial charge on any atom is -0.497 e. The van der Waals surface area contributed by atoms with Crippen LogP contribution >= 0.6 is 0 Å². The molecule has 2 aliphatic heterocycles. The number of ether oxygens (including phenoxy) is 10. The van der Waals surface area contributed by atoms with Crippen LogP contribution in [-0.2, 0) is 75.1 Å². The van der Waals surface area contributed by atoms with Gasteiger partial charge in [-0.15, -0.1) is 0 Å². The third-order valence-electron chi connectivity index (χ3n) is 8.71. The number of esters is 3. The molecule has 18 heteroatoms. The molecule has 0 saturated carbocycles. The van der Waals surface area contributed by atoms with E-state index in [0.717, 1.165) is 26.3 Å². The lowest BCUT2D eigenvalue weighted by molar-refractivity contribution is -0.334. The summed E-state index contributed by atoms with van der Waals surface area (Å²) < 4.78 is 58.4. The summed E-state index contributed by atoms with van der Waals surface area (Å²) in [4.78, 5) is 61.8. The van der Waals surface area contributed by atoms with Crippen molar-refractivity contribution >= 4 is 29.7 Å². The van der Waals surface area contributed by atoms with Gasteiger partial charge in [-0.2, -0.15) is 0 Å². The van der Waals surface area contributed by atoms with E-state index in [0.29, 0.717) is 17.1 Å². The van der Waals surface area contributed by atoms with E-state index >= 15 is 0 Å². The molecular weight excluding hydrogens is 740 g/mol. The molecule has 2 aromatic rings. The first-order chi connectivity index (χ1) is 26.7. The molecule has 2 heterocycles. The molecule has 2 amide bonds. The van der Waals surface area contributed by atoms with Crippen LogP contribution in [0.1, 0.15) is 45.7 Å². The molecule has 0 bridgehead atoms.